The van der Waals surface area contributed by atoms with Crippen molar-refractivity contribution in [1.82, 2.24) is 9.55 Å². The van der Waals surface area contributed by atoms with Crippen LogP contribution in [0.25, 0.3) is 28.1 Å². The van der Waals surface area contributed by atoms with Crippen LogP contribution in [-0.4, -0.2) is 25.2 Å². The molecule has 23 heavy (non-hydrogen) atoms. The maximum atomic E-state index is 5.96. The quantitative estimate of drug-likeness (QED) is 0.518. The van der Waals surface area contributed by atoms with Crippen LogP contribution in [0.2, 0.25) is 0 Å². The fourth-order valence-corrected chi connectivity index (χ4v) is 2.86. The predicted octanol–water partition coefficient (Wildman–Crippen LogP) is 2.28. The third kappa shape index (κ3) is 2.46. The number of benzene rings is 3. The minimum Gasteiger partial charge on any atom is -0.292 e. The predicted molar refractivity (Wildman–Crippen MR) is 97.3 cm³/mol. The Bertz CT molecular complexity index is 971. The summed E-state index contributed by atoms with van der Waals surface area (Å²) in [5, 5.41) is 0. The minimum atomic E-state index is 0.631. The van der Waals surface area contributed by atoms with Crippen molar-refractivity contribution in [1.29, 1.82) is 0 Å². The highest BCUT2D eigenvalue weighted by atomic mass is 15.1. The van der Waals surface area contributed by atoms with Gasteiger partial charge in [0.2, 0.25) is 0 Å². The van der Waals surface area contributed by atoms with Crippen LogP contribution in [0.1, 0.15) is 0 Å². The number of nitrogens with zero attached hydrogens (tertiary/aromatic N) is 2. The maximum absolute atomic E-state index is 5.96. The second-order valence-electron chi connectivity index (χ2n) is 5.48. The summed E-state index contributed by atoms with van der Waals surface area (Å²) in [5.74, 6) is 0.830. The van der Waals surface area contributed by atoms with Crippen LogP contribution in [-0.2, 0) is 0 Å². The highest BCUT2D eigenvalue weighted by Gasteiger charge is 2.14. The molecule has 0 aliphatic rings. The van der Waals surface area contributed by atoms with Crippen molar-refractivity contribution in [2.75, 3.05) is 0 Å². The van der Waals surface area contributed by atoms with E-state index in [4.69, 9.17) is 20.7 Å². The summed E-state index contributed by atoms with van der Waals surface area (Å²) in [6.07, 6.45) is 0. The van der Waals surface area contributed by atoms with Gasteiger partial charge in [0.25, 0.3) is 0 Å². The van der Waals surface area contributed by atoms with Crippen molar-refractivity contribution >= 4 is 37.7 Å². The van der Waals surface area contributed by atoms with Crippen LogP contribution in [0.15, 0.2) is 72.8 Å². The minimum absolute atomic E-state index is 0.631. The molecule has 0 unspecified atom stereocenters. The van der Waals surface area contributed by atoms with Crippen molar-refractivity contribution in [3.8, 4) is 17.1 Å². The van der Waals surface area contributed by atoms with Crippen LogP contribution in [0.3, 0.4) is 0 Å². The van der Waals surface area contributed by atoms with Crippen molar-refractivity contribution in [3.05, 3.63) is 72.8 Å². The molecule has 104 valence electrons. The van der Waals surface area contributed by atoms with Crippen LogP contribution in [0, 0.1) is 0 Å². The van der Waals surface area contributed by atoms with Gasteiger partial charge in [-0.25, -0.2) is 4.98 Å². The molecule has 4 radical (unpaired) electrons. The van der Waals surface area contributed by atoms with Gasteiger partial charge >= 0.3 is 0 Å². The summed E-state index contributed by atoms with van der Waals surface area (Å²) in [5.41, 5.74) is 5.21. The van der Waals surface area contributed by atoms with Gasteiger partial charge in [-0.1, -0.05) is 59.5 Å². The molecule has 0 saturated carbocycles. The molecule has 0 aliphatic carbocycles. The lowest BCUT2D eigenvalue weighted by Crippen LogP contribution is -2.14. The molecule has 0 aliphatic heterocycles. The molecular formula is C19H12B2N2. The smallest absolute Gasteiger partial charge is 0.145 e. The number of aromatic nitrogens is 2. The Morgan fingerprint density at radius 2 is 1.39 bits per heavy atom. The summed E-state index contributed by atoms with van der Waals surface area (Å²) < 4.78 is 2.13. The molecule has 4 rings (SSSR count). The van der Waals surface area contributed by atoms with E-state index in [9.17, 15) is 0 Å². The zero-order valence-corrected chi connectivity index (χ0v) is 12.5. The molecule has 4 heteroatoms. The van der Waals surface area contributed by atoms with Gasteiger partial charge in [0.1, 0.15) is 21.5 Å². The average Bonchev–Trinajstić information content (AvgIpc) is 2.94. The lowest BCUT2D eigenvalue weighted by atomic mass is 9.85. The molecule has 1 aromatic heterocycles. The normalized spacial score (nSPS) is 11.0. The maximum Gasteiger partial charge on any atom is 0.145 e. The van der Waals surface area contributed by atoms with Crippen LogP contribution in [0.4, 0.5) is 0 Å². The van der Waals surface area contributed by atoms with Crippen molar-refractivity contribution < 1.29 is 0 Å². The number of imidazole rings is 1. The largest absolute Gasteiger partial charge is 0.292 e. The topological polar surface area (TPSA) is 17.8 Å². The Morgan fingerprint density at radius 1 is 0.739 bits per heavy atom. The average molecular weight is 290 g/mol. The summed E-state index contributed by atoms with van der Waals surface area (Å²) in [6, 6.07) is 23.8. The Balaban J connectivity index is 2.07. The molecule has 0 fully saturated rings. The fourth-order valence-electron chi connectivity index (χ4n) is 2.86. The third-order valence-corrected chi connectivity index (χ3v) is 3.81. The van der Waals surface area contributed by atoms with Gasteiger partial charge in [-0.15, -0.1) is 0 Å². The second-order valence-corrected chi connectivity index (χ2v) is 5.48. The van der Waals surface area contributed by atoms with Crippen LogP contribution < -0.4 is 10.9 Å². The standard InChI is InChI=1S/C19H12B2N2/c20-14-10-13(11-15(21)12-14)19-22-17-8-4-5-9-18(17)23(19)16-6-2-1-3-7-16/h1-12H. The van der Waals surface area contributed by atoms with Gasteiger partial charge in [0.15, 0.2) is 0 Å². The van der Waals surface area contributed by atoms with Crippen molar-refractivity contribution in [3.63, 3.8) is 0 Å². The van der Waals surface area contributed by atoms with E-state index in [0.29, 0.717) is 10.9 Å². The fraction of sp³-hybridized carbons (Fsp3) is 0. The monoisotopic (exact) mass is 290 g/mol. The number of hydrogen-bond acceptors (Lipinski definition) is 1. The first-order valence-corrected chi connectivity index (χ1v) is 7.42. The Kier molecular flexibility index (Phi) is 3.30. The number of rotatable bonds is 2. The zero-order chi connectivity index (χ0) is 15.8. The highest BCUT2D eigenvalue weighted by molar-refractivity contribution is 6.38. The number of para-hydroxylation sites is 3. The Hall–Kier alpha value is -2.74. The van der Waals surface area contributed by atoms with Gasteiger partial charge in [-0.05, 0) is 24.3 Å². The van der Waals surface area contributed by atoms with Crippen LogP contribution >= 0.6 is 0 Å². The first-order valence-electron chi connectivity index (χ1n) is 7.42. The lowest BCUT2D eigenvalue weighted by Gasteiger charge is -2.11. The van der Waals surface area contributed by atoms with E-state index < -0.39 is 0 Å². The van der Waals surface area contributed by atoms with E-state index >= 15 is 0 Å². The number of hydrogen-bond donors (Lipinski definition) is 0. The molecule has 0 spiro atoms. The SMILES string of the molecule is [B]c1cc([B])cc(-c2nc3ccccc3n2-c2ccccc2)c1. The summed E-state index contributed by atoms with van der Waals surface area (Å²) in [6.45, 7) is 0. The van der Waals surface area contributed by atoms with E-state index in [-0.39, 0.29) is 0 Å². The Morgan fingerprint density at radius 3 is 2.13 bits per heavy atom. The second kappa shape index (κ2) is 5.47. The van der Waals surface area contributed by atoms with E-state index in [2.05, 4.69) is 22.8 Å². The molecule has 3 aromatic carbocycles. The van der Waals surface area contributed by atoms with Crippen molar-refractivity contribution in [2.45, 2.75) is 0 Å². The zero-order valence-electron chi connectivity index (χ0n) is 12.5. The van der Waals surface area contributed by atoms with E-state index in [1.165, 1.54) is 0 Å². The van der Waals surface area contributed by atoms with E-state index in [1.807, 2.05) is 48.5 Å². The Labute approximate surface area is 137 Å². The van der Waals surface area contributed by atoms with Gasteiger partial charge in [0, 0.05) is 11.3 Å². The van der Waals surface area contributed by atoms with E-state index in [1.54, 1.807) is 6.07 Å². The summed E-state index contributed by atoms with van der Waals surface area (Å²) in [7, 11) is 11.9. The molecule has 0 amide bonds. The van der Waals surface area contributed by atoms with E-state index in [0.717, 1.165) is 28.1 Å². The van der Waals surface area contributed by atoms with Gasteiger partial charge in [-0.3, -0.25) is 4.57 Å². The summed E-state index contributed by atoms with van der Waals surface area (Å²) in [4.78, 5) is 4.79. The molecule has 0 saturated heterocycles. The highest BCUT2D eigenvalue weighted by Crippen LogP contribution is 2.27. The molecule has 4 aromatic rings. The van der Waals surface area contributed by atoms with Gasteiger partial charge in [0.05, 0.1) is 11.0 Å². The molecule has 0 bridgehead atoms. The lowest BCUT2D eigenvalue weighted by molar-refractivity contribution is 1.10. The molecule has 0 N–H and O–H groups in total. The van der Waals surface area contributed by atoms with Gasteiger partial charge < -0.3 is 0 Å². The van der Waals surface area contributed by atoms with Crippen molar-refractivity contribution in [2.24, 2.45) is 0 Å². The molecule has 0 atom stereocenters. The first kappa shape index (κ1) is 13.9. The van der Waals surface area contributed by atoms with Gasteiger partial charge in [-0.2, -0.15) is 0 Å². The van der Waals surface area contributed by atoms with Crippen LogP contribution in [0.5, 0.6) is 0 Å². The first-order chi connectivity index (χ1) is 11.2. The molecule has 2 nitrogen and oxygen atoms in total. The molecule has 1 heterocycles. The number of fused-ring (bicyclic) bond motifs is 1. The molecular weight excluding hydrogens is 278 g/mol. The summed E-state index contributed by atoms with van der Waals surface area (Å²) >= 11 is 0. The third-order valence-electron chi connectivity index (χ3n) is 3.81.